The van der Waals surface area contributed by atoms with Gasteiger partial charge in [-0.15, -0.1) is 0 Å². The smallest absolute Gasteiger partial charge is 0.0622 e. The minimum absolute atomic E-state index is 0.715. The highest BCUT2D eigenvalue weighted by molar-refractivity contribution is 4.93. The molecule has 0 radical (unpaired) electrons. The van der Waals surface area contributed by atoms with Gasteiger partial charge in [0.2, 0.25) is 0 Å². The molecule has 0 aromatic heterocycles. The van der Waals surface area contributed by atoms with Crippen LogP contribution in [0.1, 0.15) is 38.5 Å². The van der Waals surface area contributed by atoms with Crippen molar-refractivity contribution in [2.75, 3.05) is 26.3 Å². The summed E-state index contributed by atoms with van der Waals surface area (Å²) in [5, 5.41) is 3.70. The fraction of sp³-hybridized carbons (Fsp3) is 1.00. The molecule has 1 N–H and O–H groups in total. The lowest BCUT2D eigenvalue weighted by Gasteiger charge is -2.42. The van der Waals surface area contributed by atoms with Gasteiger partial charge in [-0.2, -0.15) is 0 Å². The van der Waals surface area contributed by atoms with Crippen LogP contribution in [-0.4, -0.2) is 49.3 Å². The van der Waals surface area contributed by atoms with E-state index in [2.05, 4.69) is 10.2 Å². The second-order valence-corrected chi connectivity index (χ2v) is 5.52. The zero-order chi connectivity index (χ0) is 10.8. The number of ether oxygens (including phenoxy) is 1. The quantitative estimate of drug-likeness (QED) is 0.767. The van der Waals surface area contributed by atoms with Crippen LogP contribution in [0.25, 0.3) is 0 Å². The second kappa shape index (κ2) is 5.03. The predicted octanol–water partition coefficient (Wildman–Crippen LogP) is 1.38. The molecule has 3 saturated heterocycles. The molecular weight excluding hydrogens is 200 g/mol. The van der Waals surface area contributed by atoms with E-state index in [-0.39, 0.29) is 0 Å². The van der Waals surface area contributed by atoms with E-state index in [0.717, 1.165) is 25.3 Å². The minimum Gasteiger partial charge on any atom is -0.380 e. The first-order valence-corrected chi connectivity index (χ1v) is 7.02. The van der Waals surface area contributed by atoms with Gasteiger partial charge in [-0.25, -0.2) is 0 Å². The number of hydrogen-bond acceptors (Lipinski definition) is 3. The van der Waals surface area contributed by atoms with Crippen LogP contribution in [0, 0.1) is 0 Å². The molecule has 3 rings (SSSR count). The third kappa shape index (κ3) is 2.13. The van der Waals surface area contributed by atoms with Crippen LogP contribution in [0.2, 0.25) is 0 Å². The standard InChI is InChI=1S/C13H24N2O/c1-2-8-15(11-6-9-16-10-11)13(5-1)12-4-3-7-14-12/h11-14H,1-10H2. The summed E-state index contributed by atoms with van der Waals surface area (Å²) >= 11 is 0. The van der Waals surface area contributed by atoms with Gasteiger partial charge in [0.15, 0.2) is 0 Å². The van der Waals surface area contributed by atoms with Gasteiger partial charge in [-0.1, -0.05) is 6.42 Å². The summed E-state index contributed by atoms with van der Waals surface area (Å²) < 4.78 is 5.56. The van der Waals surface area contributed by atoms with E-state index in [4.69, 9.17) is 4.74 Å². The molecule has 3 aliphatic heterocycles. The van der Waals surface area contributed by atoms with Gasteiger partial charge in [-0.05, 0) is 45.2 Å². The number of piperidine rings is 1. The molecule has 3 nitrogen and oxygen atoms in total. The Morgan fingerprint density at radius 2 is 2.06 bits per heavy atom. The maximum absolute atomic E-state index is 5.56. The molecule has 3 unspecified atom stereocenters. The topological polar surface area (TPSA) is 24.5 Å². The molecule has 3 heteroatoms. The Labute approximate surface area is 98.5 Å². The van der Waals surface area contributed by atoms with E-state index in [0.29, 0.717) is 6.04 Å². The van der Waals surface area contributed by atoms with Crippen LogP contribution in [-0.2, 0) is 4.74 Å². The van der Waals surface area contributed by atoms with E-state index in [1.165, 1.54) is 51.6 Å². The highest BCUT2D eigenvalue weighted by atomic mass is 16.5. The van der Waals surface area contributed by atoms with Crippen molar-refractivity contribution in [2.45, 2.75) is 56.7 Å². The third-order valence-electron chi connectivity index (χ3n) is 4.53. The molecule has 0 amide bonds. The van der Waals surface area contributed by atoms with E-state index < -0.39 is 0 Å². The minimum atomic E-state index is 0.715. The Hall–Kier alpha value is -0.120. The van der Waals surface area contributed by atoms with E-state index in [1.807, 2.05) is 0 Å². The molecule has 0 saturated carbocycles. The molecule has 0 aromatic rings. The summed E-state index contributed by atoms with van der Waals surface area (Å²) in [7, 11) is 0. The lowest BCUT2D eigenvalue weighted by molar-refractivity contribution is 0.0632. The maximum atomic E-state index is 5.56. The zero-order valence-electron chi connectivity index (χ0n) is 10.2. The van der Waals surface area contributed by atoms with E-state index >= 15 is 0 Å². The summed E-state index contributed by atoms with van der Waals surface area (Å²) in [6, 6.07) is 2.27. The SMILES string of the molecule is C1CNC(C2CCCCN2C2CCOC2)C1. The molecule has 0 bridgehead atoms. The molecule has 0 spiro atoms. The summed E-state index contributed by atoms with van der Waals surface area (Å²) in [6.07, 6.45) is 8.22. The molecule has 0 aliphatic carbocycles. The molecule has 3 heterocycles. The lowest BCUT2D eigenvalue weighted by Crippen LogP contribution is -2.54. The van der Waals surface area contributed by atoms with Gasteiger partial charge in [-0.3, -0.25) is 4.90 Å². The first-order valence-electron chi connectivity index (χ1n) is 7.02. The van der Waals surface area contributed by atoms with Crippen molar-refractivity contribution in [3.05, 3.63) is 0 Å². The average molecular weight is 224 g/mol. The highest BCUT2D eigenvalue weighted by Crippen LogP contribution is 2.28. The Bertz CT molecular complexity index is 198. The van der Waals surface area contributed by atoms with Crippen LogP contribution in [0.4, 0.5) is 0 Å². The largest absolute Gasteiger partial charge is 0.380 e. The Morgan fingerprint density at radius 3 is 2.81 bits per heavy atom. The van der Waals surface area contributed by atoms with Crippen molar-refractivity contribution < 1.29 is 4.74 Å². The van der Waals surface area contributed by atoms with Crippen molar-refractivity contribution >= 4 is 0 Å². The van der Waals surface area contributed by atoms with Gasteiger partial charge in [0, 0.05) is 24.7 Å². The molecule has 3 atom stereocenters. The fourth-order valence-electron chi connectivity index (χ4n) is 3.69. The van der Waals surface area contributed by atoms with Crippen molar-refractivity contribution in [1.29, 1.82) is 0 Å². The zero-order valence-corrected chi connectivity index (χ0v) is 10.2. The Morgan fingerprint density at radius 1 is 1.06 bits per heavy atom. The van der Waals surface area contributed by atoms with Gasteiger partial charge < -0.3 is 10.1 Å². The lowest BCUT2D eigenvalue weighted by atomic mass is 9.92. The van der Waals surface area contributed by atoms with Crippen LogP contribution < -0.4 is 5.32 Å². The second-order valence-electron chi connectivity index (χ2n) is 5.52. The van der Waals surface area contributed by atoms with Crippen LogP contribution in [0.15, 0.2) is 0 Å². The van der Waals surface area contributed by atoms with E-state index in [9.17, 15) is 0 Å². The fourth-order valence-corrected chi connectivity index (χ4v) is 3.69. The van der Waals surface area contributed by atoms with Crippen LogP contribution in [0.3, 0.4) is 0 Å². The number of rotatable bonds is 2. The normalized spacial score (nSPS) is 41.6. The van der Waals surface area contributed by atoms with Gasteiger partial charge in [0.1, 0.15) is 0 Å². The number of nitrogens with zero attached hydrogens (tertiary/aromatic N) is 1. The number of likely N-dealkylation sites (tertiary alicyclic amines) is 1. The van der Waals surface area contributed by atoms with Crippen LogP contribution >= 0.6 is 0 Å². The van der Waals surface area contributed by atoms with Gasteiger partial charge in [0.25, 0.3) is 0 Å². The monoisotopic (exact) mass is 224 g/mol. The molecule has 16 heavy (non-hydrogen) atoms. The Kier molecular flexibility index (Phi) is 3.46. The predicted molar refractivity (Wildman–Crippen MR) is 64.6 cm³/mol. The molecule has 3 aliphatic rings. The van der Waals surface area contributed by atoms with E-state index in [1.54, 1.807) is 0 Å². The van der Waals surface area contributed by atoms with Crippen molar-refractivity contribution in [3.63, 3.8) is 0 Å². The first-order chi connectivity index (χ1) is 7.95. The number of hydrogen-bond donors (Lipinski definition) is 1. The maximum Gasteiger partial charge on any atom is 0.0622 e. The average Bonchev–Trinajstić information content (AvgIpc) is 3.03. The van der Waals surface area contributed by atoms with Crippen LogP contribution in [0.5, 0.6) is 0 Å². The molecule has 0 aromatic carbocycles. The summed E-state index contributed by atoms with van der Waals surface area (Å²) in [5.41, 5.74) is 0. The van der Waals surface area contributed by atoms with Gasteiger partial charge in [0.05, 0.1) is 6.61 Å². The highest BCUT2D eigenvalue weighted by Gasteiger charge is 2.36. The molecule has 3 fully saturated rings. The first kappa shape index (κ1) is 11.0. The third-order valence-corrected chi connectivity index (χ3v) is 4.53. The summed E-state index contributed by atoms with van der Waals surface area (Å²) in [4.78, 5) is 2.76. The summed E-state index contributed by atoms with van der Waals surface area (Å²) in [6.45, 7) is 4.49. The Balaban J connectivity index is 1.67. The summed E-state index contributed by atoms with van der Waals surface area (Å²) in [5.74, 6) is 0. The molecular formula is C13H24N2O. The van der Waals surface area contributed by atoms with Gasteiger partial charge >= 0.3 is 0 Å². The van der Waals surface area contributed by atoms with Crippen molar-refractivity contribution in [2.24, 2.45) is 0 Å². The van der Waals surface area contributed by atoms with Crippen molar-refractivity contribution in [1.82, 2.24) is 10.2 Å². The molecule has 92 valence electrons. The number of nitrogens with one attached hydrogen (secondary N) is 1. The van der Waals surface area contributed by atoms with Crippen molar-refractivity contribution in [3.8, 4) is 0 Å².